The van der Waals surface area contributed by atoms with Gasteiger partial charge in [0.15, 0.2) is 0 Å². The highest BCUT2D eigenvalue weighted by Gasteiger charge is 2.30. The molecule has 16 heavy (non-hydrogen) atoms. The van der Waals surface area contributed by atoms with Crippen molar-refractivity contribution in [1.29, 1.82) is 0 Å². The smallest absolute Gasteiger partial charge is 0.0221 e. The van der Waals surface area contributed by atoms with Crippen LogP contribution >= 0.6 is 0 Å². The molecule has 2 heteroatoms. The molecule has 1 aromatic carbocycles. The molecule has 2 aliphatic rings. The zero-order valence-corrected chi connectivity index (χ0v) is 9.73. The zero-order valence-electron chi connectivity index (χ0n) is 9.73. The molecule has 2 saturated heterocycles. The van der Waals surface area contributed by atoms with Crippen LogP contribution < -0.4 is 5.32 Å². The maximum atomic E-state index is 3.50. The predicted octanol–water partition coefficient (Wildman–Crippen LogP) is 1.84. The van der Waals surface area contributed by atoms with Gasteiger partial charge in [-0.05, 0) is 24.3 Å². The number of hydrogen-bond donors (Lipinski definition) is 1. The first-order valence-corrected chi connectivity index (χ1v) is 6.43. The molecule has 0 spiro atoms. The van der Waals surface area contributed by atoms with Crippen molar-refractivity contribution < 1.29 is 0 Å². The highest BCUT2D eigenvalue weighted by atomic mass is 15.2. The van der Waals surface area contributed by atoms with Crippen molar-refractivity contribution in [2.24, 2.45) is 0 Å². The van der Waals surface area contributed by atoms with Crippen molar-refractivity contribution in [2.45, 2.75) is 24.8 Å². The minimum Gasteiger partial charge on any atom is -0.314 e. The zero-order chi connectivity index (χ0) is 10.8. The van der Waals surface area contributed by atoms with Crippen molar-refractivity contribution in [3.8, 4) is 0 Å². The molecule has 0 amide bonds. The van der Waals surface area contributed by atoms with Crippen molar-refractivity contribution in [2.75, 3.05) is 26.2 Å². The number of nitrogens with one attached hydrogen (secondary N) is 1. The van der Waals surface area contributed by atoms with Gasteiger partial charge < -0.3 is 5.32 Å². The van der Waals surface area contributed by atoms with E-state index in [2.05, 4.69) is 40.5 Å². The van der Waals surface area contributed by atoms with Gasteiger partial charge in [-0.1, -0.05) is 30.3 Å². The summed E-state index contributed by atoms with van der Waals surface area (Å²) in [5, 5.41) is 3.50. The van der Waals surface area contributed by atoms with E-state index in [0.717, 1.165) is 18.5 Å². The first-order chi connectivity index (χ1) is 7.93. The number of piperidine rings is 1. The monoisotopic (exact) mass is 216 g/mol. The Morgan fingerprint density at radius 3 is 2.88 bits per heavy atom. The maximum Gasteiger partial charge on any atom is 0.0221 e. The molecule has 0 saturated carbocycles. The lowest BCUT2D eigenvalue weighted by Gasteiger charge is -2.43. The molecule has 2 atom stereocenters. The summed E-state index contributed by atoms with van der Waals surface area (Å²) >= 11 is 0. The third-order valence-corrected chi connectivity index (χ3v) is 4.05. The summed E-state index contributed by atoms with van der Waals surface area (Å²) < 4.78 is 0. The summed E-state index contributed by atoms with van der Waals surface area (Å²) in [6.45, 7) is 4.85. The largest absolute Gasteiger partial charge is 0.314 e. The molecule has 3 rings (SSSR count). The highest BCUT2D eigenvalue weighted by Crippen LogP contribution is 2.30. The van der Waals surface area contributed by atoms with Crippen LogP contribution in [0.4, 0.5) is 0 Å². The summed E-state index contributed by atoms with van der Waals surface area (Å²) in [5.41, 5.74) is 1.53. The number of rotatable bonds is 1. The fraction of sp³-hybridized carbons (Fsp3) is 0.571. The predicted molar refractivity (Wildman–Crippen MR) is 66.6 cm³/mol. The quantitative estimate of drug-likeness (QED) is 0.770. The number of nitrogens with zero attached hydrogens (tertiary/aromatic N) is 1. The number of piperazine rings is 1. The molecule has 0 aliphatic carbocycles. The summed E-state index contributed by atoms with van der Waals surface area (Å²) in [6.07, 6.45) is 2.71. The Morgan fingerprint density at radius 1 is 1.12 bits per heavy atom. The van der Waals surface area contributed by atoms with Gasteiger partial charge in [0.05, 0.1) is 0 Å². The van der Waals surface area contributed by atoms with Gasteiger partial charge in [-0.3, -0.25) is 4.90 Å². The van der Waals surface area contributed by atoms with Crippen LogP contribution in [0.15, 0.2) is 30.3 Å². The Balaban J connectivity index is 1.71. The average molecular weight is 216 g/mol. The molecular formula is C14H20N2. The summed E-state index contributed by atoms with van der Waals surface area (Å²) in [5.74, 6) is 0.760. The maximum absolute atomic E-state index is 3.50. The first kappa shape index (κ1) is 10.3. The summed E-state index contributed by atoms with van der Waals surface area (Å²) in [7, 11) is 0. The van der Waals surface area contributed by atoms with E-state index in [0.29, 0.717) is 0 Å². The second kappa shape index (κ2) is 4.56. The molecule has 2 heterocycles. The van der Waals surface area contributed by atoms with Crippen LogP contribution in [0.5, 0.6) is 0 Å². The number of hydrogen-bond acceptors (Lipinski definition) is 2. The van der Waals surface area contributed by atoms with Gasteiger partial charge in [0, 0.05) is 32.2 Å². The van der Waals surface area contributed by atoms with E-state index in [1.54, 1.807) is 0 Å². The van der Waals surface area contributed by atoms with Gasteiger partial charge in [0.2, 0.25) is 0 Å². The van der Waals surface area contributed by atoms with Crippen LogP contribution in [0.3, 0.4) is 0 Å². The Labute approximate surface area is 97.6 Å². The van der Waals surface area contributed by atoms with E-state index in [4.69, 9.17) is 0 Å². The molecule has 0 bridgehead atoms. The van der Waals surface area contributed by atoms with E-state index in [9.17, 15) is 0 Å². The molecule has 1 aromatic rings. The lowest BCUT2D eigenvalue weighted by molar-refractivity contribution is 0.107. The minimum absolute atomic E-state index is 0.760. The minimum atomic E-state index is 0.760. The second-order valence-electron chi connectivity index (χ2n) is 5.04. The Bertz CT molecular complexity index is 336. The molecule has 0 radical (unpaired) electrons. The normalized spacial score (nSPS) is 31.0. The standard InChI is InChI=1S/C14H20N2/c1-2-4-12(5-3-1)13-6-7-14-10-15-8-9-16(14)11-13/h1-5,13-15H,6-11H2/t13-,14+/m0/s1. The van der Waals surface area contributed by atoms with E-state index in [1.165, 1.54) is 38.0 Å². The molecule has 86 valence electrons. The SMILES string of the molecule is c1ccc([C@H]2CC[C@@H]3CNCCN3C2)cc1. The van der Waals surface area contributed by atoms with Gasteiger partial charge in [-0.25, -0.2) is 0 Å². The Kier molecular flexibility index (Phi) is 2.94. The first-order valence-electron chi connectivity index (χ1n) is 6.43. The number of benzene rings is 1. The molecule has 1 N–H and O–H groups in total. The molecule has 2 aliphatic heterocycles. The van der Waals surface area contributed by atoms with Crippen molar-refractivity contribution in [1.82, 2.24) is 10.2 Å². The van der Waals surface area contributed by atoms with Crippen LogP contribution in [0.2, 0.25) is 0 Å². The fourth-order valence-corrected chi connectivity index (χ4v) is 3.09. The molecule has 2 fully saturated rings. The second-order valence-corrected chi connectivity index (χ2v) is 5.04. The topological polar surface area (TPSA) is 15.3 Å². The number of fused-ring (bicyclic) bond motifs is 1. The van der Waals surface area contributed by atoms with Crippen LogP contribution in [0, 0.1) is 0 Å². The van der Waals surface area contributed by atoms with Crippen molar-refractivity contribution in [3.63, 3.8) is 0 Å². The van der Waals surface area contributed by atoms with Gasteiger partial charge in [0.1, 0.15) is 0 Å². The van der Waals surface area contributed by atoms with Gasteiger partial charge in [-0.15, -0.1) is 0 Å². The van der Waals surface area contributed by atoms with E-state index in [1.807, 2.05) is 0 Å². The molecule has 0 aromatic heterocycles. The Hall–Kier alpha value is -0.860. The van der Waals surface area contributed by atoms with Crippen molar-refractivity contribution in [3.05, 3.63) is 35.9 Å². The third-order valence-electron chi connectivity index (χ3n) is 4.05. The van der Waals surface area contributed by atoms with Gasteiger partial charge in [-0.2, -0.15) is 0 Å². The van der Waals surface area contributed by atoms with Gasteiger partial charge >= 0.3 is 0 Å². The molecular weight excluding hydrogens is 196 g/mol. The summed E-state index contributed by atoms with van der Waals surface area (Å²) in [4.78, 5) is 2.68. The van der Waals surface area contributed by atoms with E-state index in [-0.39, 0.29) is 0 Å². The third kappa shape index (κ3) is 2.00. The Morgan fingerprint density at radius 2 is 2.00 bits per heavy atom. The van der Waals surface area contributed by atoms with Crippen LogP contribution in [0.1, 0.15) is 24.3 Å². The fourth-order valence-electron chi connectivity index (χ4n) is 3.09. The summed E-state index contributed by atoms with van der Waals surface area (Å²) in [6, 6.07) is 11.8. The van der Waals surface area contributed by atoms with Crippen LogP contribution in [0.25, 0.3) is 0 Å². The van der Waals surface area contributed by atoms with Gasteiger partial charge in [0.25, 0.3) is 0 Å². The lowest BCUT2D eigenvalue weighted by atomic mass is 9.86. The van der Waals surface area contributed by atoms with E-state index >= 15 is 0 Å². The molecule has 0 unspecified atom stereocenters. The lowest BCUT2D eigenvalue weighted by Crippen LogP contribution is -2.54. The average Bonchev–Trinajstić information content (AvgIpc) is 2.39. The highest BCUT2D eigenvalue weighted by molar-refractivity contribution is 5.20. The van der Waals surface area contributed by atoms with Crippen molar-refractivity contribution >= 4 is 0 Å². The molecule has 2 nitrogen and oxygen atoms in total. The van der Waals surface area contributed by atoms with E-state index < -0.39 is 0 Å². The van der Waals surface area contributed by atoms with Crippen LogP contribution in [-0.2, 0) is 0 Å². The van der Waals surface area contributed by atoms with Crippen LogP contribution in [-0.4, -0.2) is 37.1 Å².